The number of halogens is 1. The topological polar surface area (TPSA) is 25.8 Å². The van der Waals surface area contributed by atoms with Gasteiger partial charge in [0.05, 0.1) is 6.17 Å². The summed E-state index contributed by atoms with van der Waals surface area (Å²) in [5.41, 5.74) is 3.52. The van der Waals surface area contributed by atoms with Crippen molar-refractivity contribution in [1.29, 1.82) is 0 Å². The summed E-state index contributed by atoms with van der Waals surface area (Å²) in [6.07, 6.45) is 15.3. The highest BCUT2D eigenvalue weighted by atomic mass is 19.1. The van der Waals surface area contributed by atoms with Gasteiger partial charge in [-0.2, -0.15) is 0 Å². The van der Waals surface area contributed by atoms with E-state index in [1.807, 2.05) is 19.3 Å². The van der Waals surface area contributed by atoms with E-state index < -0.39 is 6.17 Å². The van der Waals surface area contributed by atoms with E-state index in [0.717, 1.165) is 30.7 Å². The molecular weight excluding hydrogens is 335 g/mol. The van der Waals surface area contributed by atoms with Gasteiger partial charge in [0.15, 0.2) is 5.82 Å². The standard InChI is InChI=1S/C24H35FN2/c1-3-5-6-7-8-9-11-21-18-26-24(27-19-21)22-16-14-20(15-17-22)12-10-13-23(25)4-2/h14-19,23H,3-13H2,1-2H3. The van der Waals surface area contributed by atoms with E-state index >= 15 is 0 Å². The van der Waals surface area contributed by atoms with E-state index in [0.29, 0.717) is 12.8 Å². The molecule has 0 saturated heterocycles. The number of hydrogen-bond donors (Lipinski definition) is 0. The molecule has 1 aromatic carbocycles. The molecule has 0 radical (unpaired) electrons. The molecule has 1 heterocycles. The molecule has 0 N–H and O–H groups in total. The fourth-order valence-corrected chi connectivity index (χ4v) is 3.29. The van der Waals surface area contributed by atoms with Crippen LogP contribution in [-0.2, 0) is 12.8 Å². The first-order valence-corrected chi connectivity index (χ1v) is 10.8. The predicted octanol–water partition coefficient (Wildman–Crippen LogP) is 7.12. The maximum Gasteiger partial charge on any atom is 0.159 e. The molecule has 27 heavy (non-hydrogen) atoms. The minimum absolute atomic E-state index is 0.616. The number of hydrogen-bond acceptors (Lipinski definition) is 2. The average molecular weight is 371 g/mol. The van der Waals surface area contributed by atoms with Crippen LogP contribution in [0, 0.1) is 0 Å². The summed E-state index contributed by atoms with van der Waals surface area (Å²) in [7, 11) is 0. The molecule has 2 rings (SSSR count). The quantitative estimate of drug-likeness (QED) is 0.351. The molecule has 1 atom stereocenters. The minimum atomic E-state index is -0.660. The molecule has 2 aromatic rings. The van der Waals surface area contributed by atoms with Crippen molar-refractivity contribution in [3.63, 3.8) is 0 Å². The van der Waals surface area contributed by atoms with Crippen LogP contribution in [0.25, 0.3) is 11.4 Å². The summed E-state index contributed by atoms with van der Waals surface area (Å²) >= 11 is 0. The summed E-state index contributed by atoms with van der Waals surface area (Å²) in [6.45, 7) is 4.15. The molecule has 2 nitrogen and oxygen atoms in total. The third kappa shape index (κ3) is 8.19. The number of unbranched alkanes of at least 4 members (excludes halogenated alkanes) is 5. The SMILES string of the molecule is CCCCCCCCc1cnc(-c2ccc(CCCC(F)CC)cc2)nc1. The van der Waals surface area contributed by atoms with Gasteiger partial charge in [0.1, 0.15) is 0 Å². The van der Waals surface area contributed by atoms with E-state index in [4.69, 9.17) is 0 Å². The zero-order valence-corrected chi connectivity index (χ0v) is 17.1. The third-order valence-electron chi connectivity index (χ3n) is 5.16. The van der Waals surface area contributed by atoms with Crippen molar-refractivity contribution >= 4 is 0 Å². The monoisotopic (exact) mass is 370 g/mol. The molecule has 0 amide bonds. The lowest BCUT2D eigenvalue weighted by Crippen LogP contribution is -1.98. The van der Waals surface area contributed by atoms with Crippen LogP contribution in [0.4, 0.5) is 4.39 Å². The van der Waals surface area contributed by atoms with Gasteiger partial charge in [0.25, 0.3) is 0 Å². The van der Waals surface area contributed by atoms with E-state index in [1.165, 1.54) is 49.7 Å². The van der Waals surface area contributed by atoms with Crippen molar-refractivity contribution in [3.8, 4) is 11.4 Å². The highest BCUT2D eigenvalue weighted by Gasteiger charge is 2.05. The molecule has 0 aliphatic heterocycles. The van der Waals surface area contributed by atoms with Crippen molar-refractivity contribution in [2.75, 3.05) is 0 Å². The van der Waals surface area contributed by atoms with Gasteiger partial charge in [-0.3, -0.25) is 0 Å². The number of aryl methyl sites for hydroxylation is 2. The Balaban J connectivity index is 1.77. The van der Waals surface area contributed by atoms with Crippen LogP contribution in [0.5, 0.6) is 0 Å². The Morgan fingerprint density at radius 1 is 0.778 bits per heavy atom. The van der Waals surface area contributed by atoms with Gasteiger partial charge in [-0.1, -0.05) is 70.2 Å². The van der Waals surface area contributed by atoms with Crippen LogP contribution in [0.3, 0.4) is 0 Å². The Hall–Kier alpha value is -1.77. The van der Waals surface area contributed by atoms with Crippen molar-refractivity contribution in [3.05, 3.63) is 47.8 Å². The average Bonchev–Trinajstić information content (AvgIpc) is 2.71. The number of rotatable bonds is 13. The summed E-state index contributed by atoms with van der Waals surface area (Å²) in [4.78, 5) is 9.09. The summed E-state index contributed by atoms with van der Waals surface area (Å²) in [5, 5.41) is 0. The molecule has 0 aliphatic carbocycles. The first-order valence-electron chi connectivity index (χ1n) is 10.8. The van der Waals surface area contributed by atoms with Gasteiger partial charge in [0, 0.05) is 18.0 Å². The zero-order valence-electron chi connectivity index (χ0n) is 17.1. The first-order chi connectivity index (χ1) is 13.2. The molecule has 0 fully saturated rings. The fraction of sp³-hybridized carbons (Fsp3) is 0.583. The molecule has 1 aromatic heterocycles. The molecule has 0 aliphatic rings. The predicted molar refractivity (Wildman–Crippen MR) is 113 cm³/mol. The van der Waals surface area contributed by atoms with Crippen molar-refractivity contribution in [1.82, 2.24) is 9.97 Å². The summed E-state index contributed by atoms with van der Waals surface area (Å²) < 4.78 is 13.3. The lowest BCUT2D eigenvalue weighted by Gasteiger charge is -2.06. The van der Waals surface area contributed by atoms with Gasteiger partial charge in [-0.25, -0.2) is 14.4 Å². The summed E-state index contributed by atoms with van der Waals surface area (Å²) in [5.74, 6) is 0.781. The molecule has 3 heteroatoms. The Kier molecular flexibility index (Phi) is 10.0. The van der Waals surface area contributed by atoms with E-state index in [2.05, 4.69) is 41.2 Å². The van der Waals surface area contributed by atoms with Crippen LogP contribution in [-0.4, -0.2) is 16.1 Å². The fourth-order valence-electron chi connectivity index (χ4n) is 3.29. The summed E-state index contributed by atoms with van der Waals surface area (Å²) in [6, 6.07) is 8.37. The second-order valence-electron chi connectivity index (χ2n) is 7.53. The molecule has 0 bridgehead atoms. The number of benzene rings is 1. The minimum Gasteiger partial charge on any atom is -0.248 e. The van der Waals surface area contributed by atoms with E-state index in [1.54, 1.807) is 0 Å². The zero-order chi connectivity index (χ0) is 19.3. The number of alkyl halides is 1. The maximum absolute atomic E-state index is 13.3. The molecule has 148 valence electrons. The van der Waals surface area contributed by atoms with Crippen molar-refractivity contribution in [2.45, 2.75) is 90.6 Å². The second-order valence-corrected chi connectivity index (χ2v) is 7.53. The van der Waals surface area contributed by atoms with E-state index in [9.17, 15) is 4.39 Å². The lowest BCUT2D eigenvalue weighted by molar-refractivity contribution is 0.300. The Bertz CT molecular complexity index is 622. The van der Waals surface area contributed by atoms with Crippen molar-refractivity contribution < 1.29 is 4.39 Å². The molecule has 1 unspecified atom stereocenters. The molecular formula is C24H35FN2. The normalized spacial score (nSPS) is 12.3. The Morgan fingerprint density at radius 3 is 2.07 bits per heavy atom. The van der Waals surface area contributed by atoms with Gasteiger partial charge in [-0.15, -0.1) is 0 Å². The van der Waals surface area contributed by atoms with Gasteiger partial charge in [-0.05, 0) is 49.7 Å². The lowest BCUT2D eigenvalue weighted by atomic mass is 10.0. The number of nitrogens with zero attached hydrogens (tertiary/aromatic N) is 2. The third-order valence-corrected chi connectivity index (χ3v) is 5.16. The Labute approximate surface area is 164 Å². The smallest absolute Gasteiger partial charge is 0.159 e. The van der Waals surface area contributed by atoms with Crippen LogP contribution in [0.15, 0.2) is 36.7 Å². The second kappa shape index (κ2) is 12.6. The molecule has 0 saturated carbocycles. The highest BCUT2D eigenvalue weighted by Crippen LogP contribution is 2.18. The van der Waals surface area contributed by atoms with Gasteiger partial charge >= 0.3 is 0 Å². The van der Waals surface area contributed by atoms with Crippen molar-refractivity contribution in [2.24, 2.45) is 0 Å². The van der Waals surface area contributed by atoms with Gasteiger partial charge in [0.2, 0.25) is 0 Å². The van der Waals surface area contributed by atoms with Crippen LogP contribution >= 0.6 is 0 Å². The number of aromatic nitrogens is 2. The maximum atomic E-state index is 13.3. The largest absolute Gasteiger partial charge is 0.248 e. The van der Waals surface area contributed by atoms with Crippen LogP contribution in [0.1, 0.15) is 82.8 Å². The highest BCUT2D eigenvalue weighted by molar-refractivity contribution is 5.55. The Morgan fingerprint density at radius 2 is 1.41 bits per heavy atom. The first kappa shape index (κ1) is 21.5. The molecule has 0 spiro atoms. The van der Waals surface area contributed by atoms with Gasteiger partial charge < -0.3 is 0 Å². The van der Waals surface area contributed by atoms with Crippen LogP contribution < -0.4 is 0 Å². The van der Waals surface area contributed by atoms with E-state index in [-0.39, 0.29) is 0 Å². The van der Waals surface area contributed by atoms with Crippen LogP contribution in [0.2, 0.25) is 0 Å².